The number of esters is 1. The van der Waals surface area contributed by atoms with E-state index in [0.29, 0.717) is 17.1 Å². The summed E-state index contributed by atoms with van der Waals surface area (Å²) in [5.41, 5.74) is 1.10. The van der Waals surface area contributed by atoms with E-state index in [9.17, 15) is 22.8 Å². The van der Waals surface area contributed by atoms with E-state index < -0.39 is 39.9 Å². The lowest BCUT2D eigenvalue weighted by Gasteiger charge is -2.23. The lowest BCUT2D eigenvalue weighted by atomic mass is 10.1. The Balaban J connectivity index is 1.22. The van der Waals surface area contributed by atoms with Gasteiger partial charge in [0, 0.05) is 18.0 Å². The van der Waals surface area contributed by atoms with Crippen LogP contribution in [0.15, 0.2) is 82.6 Å². The minimum Gasteiger partial charge on any atom is -0.459 e. The quantitative estimate of drug-likeness (QED) is 0.228. The van der Waals surface area contributed by atoms with Gasteiger partial charge in [-0.15, -0.1) is 0 Å². The summed E-state index contributed by atoms with van der Waals surface area (Å²) in [5, 5.41) is 2.62. The predicted molar refractivity (Wildman–Crippen MR) is 150 cm³/mol. The van der Waals surface area contributed by atoms with Crippen LogP contribution in [-0.4, -0.2) is 63.1 Å². The monoisotopic (exact) mass is 596 g/mol. The number of hydrogen-bond donors (Lipinski definition) is 1. The molecule has 3 aromatic rings. The molecule has 2 aliphatic heterocycles. The zero-order valence-corrected chi connectivity index (χ0v) is 23.8. The molecule has 214 valence electrons. The van der Waals surface area contributed by atoms with Crippen LogP contribution in [-0.2, 0) is 35.2 Å². The van der Waals surface area contributed by atoms with Crippen LogP contribution in [0.4, 0.5) is 0 Å². The Morgan fingerprint density at radius 3 is 2.51 bits per heavy atom. The molecule has 0 spiro atoms. The third-order valence-electron chi connectivity index (χ3n) is 6.62. The number of rotatable bonds is 9. The topological polar surface area (TPSA) is 128 Å². The third-order valence-corrected chi connectivity index (χ3v) is 8.30. The maximum Gasteiger partial charge on any atom is 0.329 e. The molecule has 1 saturated heterocycles. The van der Waals surface area contributed by atoms with Crippen molar-refractivity contribution in [2.75, 3.05) is 26.0 Å². The Bertz CT molecular complexity index is 1560. The average molecular weight is 597 g/mol. The summed E-state index contributed by atoms with van der Waals surface area (Å²) in [6, 6.07) is 20.8. The second-order valence-electron chi connectivity index (χ2n) is 9.74. The normalized spacial score (nSPS) is 17.6. The van der Waals surface area contributed by atoms with E-state index in [1.807, 2.05) is 54.6 Å². The van der Waals surface area contributed by atoms with Gasteiger partial charge in [0.25, 0.3) is 16.0 Å². The van der Waals surface area contributed by atoms with E-state index in [1.54, 1.807) is 18.2 Å². The number of para-hydroxylation sites is 1. The van der Waals surface area contributed by atoms with E-state index >= 15 is 0 Å². The van der Waals surface area contributed by atoms with Crippen molar-refractivity contribution in [1.82, 2.24) is 10.2 Å². The lowest BCUT2D eigenvalue weighted by molar-refractivity contribution is -0.154. The van der Waals surface area contributed by atoms with E-state index in [1.165, 1.54) is 16.7 Å². The van der Waals surface area contributed by atoms with Crippen LogP contribution >= 0.6 is 11.8 Å². The van der Waals surface area contributed by atoms with Crippen LogP contribution < -0.4 is 10.1 Å². The number of carbonyl (C=O) groups excluding carboxylic acids is 3. The maximum absolute atomic E-state index is 13.2. The average Bonchev–Trinajstić information content (AvgIpc) is 3.41. The fraction of sp³-hybridized carbons (Fsp3) is 0.276. The van der Waals surface area contributed by atoms with Crippen LogP contribution in [0.3, 0.4) is 0 Å². The van der Waals surface area contributed by atoms with Gasteiger partial charge < -0.3 is 19.7 Å². The van der Waals surface area contributed by atoms with E-state index in [0.717, 1.165) is 21.6 Å². The van der Waals surface area contributed by atoms with Gasteiger partial charge in [0.2, 0.25) is 5.91 Å². The van der Waals surface area contributed by atoms with Gasteiger partial charge in [0.05, 0.1) is 29.2 Å². The number of amides is 2. The van der Waals surface area contributed by atoms with Gasteiger partial charge in [-0.3, -0.25) is 13.8 Å². The number of benzene rings is 3. The Kier molecular flexibility index (Phi) is 8.62. The van der Waals surface area contributed by atoms with Crippen LogP contribution in [0.5, 0.6) is 11.5 Å². The van der Waals surface area contributed by atoms with Crippen molar-refractivity contribution in [3.63, 3.8) is 0 Å². The standard InChI is InChI=1S/C29H28N2O8S2/c1-41(35,36)38-18-20-13-22(29(34)37-17-19-7-3-2-4-8-19)31(16-20)27(32)15-30-28(33)21-11-12-26-24(14-21)39-23-9-5-6-10-25(23)40-26/h2-12,14,20,22H,13,15-18H2,1H3,(H,30,33)/t20?,22-/m0/s1. The largest absolute Gasteiger partial charge is 0.459 e. The van der Waals surface area contributed by atoms with Gasteiger partial charge in [-0.1, -0.05) is 54.2 Å². The molecule has 2 amide bonds. The molecule has 0 saturated carbocycles. The highest BCUT2D eigenvalue weighted by Crippen LogP contribution is 2.46. The molecule has 10 nitrogen and oxygen atoms in total. The molecule has 1 unspecified atom stereocenters. The highest BCUT2D eigenvalue weighted by Gasteiger charge is 2.41. The molecule has 1 fully saturated rings. The Morgan fingerprint density at radius 1 is 1.00 bits per heavy atom. The predicted octanol–water partition coefficient (Wildman–Crippen LogP) is 3.61. The van der Waals surface area contributed by atoms with Crippen molar-refractivity contribution in [2.45, 2.75) is 28.9 Å². The molecule has 0 bridgehead atoms. The third kappa shape index (κ3) is 7.26. The molecule has 0 aliphatic carbocycles. The van der Waals surface area contributed by atoms with Crippen LogP contribution in [0.2, 0.25) is 0 Å². The smallest absolute Gasteiger partial charge is 0.329 e. The Hall–Kier alpha value is -3.87. The molecular formula is C29H28N2O8S2. The molecule has 0 radical (unpaired) electrons. The van der Waals surface area contributed by atoms with Crippen LogP contribution in [0.1, 0.15) is 22.3 Å². The van der Waals surface area contributed by atoms with Crippen molar-refractivity contribution < 1.29 is 36.5 Å². The first-order valence-corrected chi connectivity index (χ1v) is 15.5. The number of nitrogens with one attached hydrogen (secondary N) is 1. The fourth-order valence-electron chi connectivity index (χ4n) is 4.62. The molecule has 41 heavy (non-hydrogen) atoms. The highest BCUT2D eigenvalue weighted by atomic mass is 32.2. The van der Waals surface area contributed by atoms with Crippen molar-refractivity contribution >= 4 is 39.7 Å². The van der Waals surface area contributed by atoms with Gasteiger partial charge in [0.15, 0.2) is 0 Å². The highest BCUT2D eigenvalue weighted by molar-refractivity contribution is 7.99. The molecule has 1 N–H and O–H groups in total. The first-order chi connectivity index (χ1) is 19.7. The number of carbonyl (C=O) groups is 3. The molecule has 5 rings (SSSR count). The second kappa shape index (κ2) is 12.3. The molecular weight excluding hydrogens is 568 g/mol. The number of likely N-dealkylation sites (tertiary alicyclic amines) is 1. The van der Waals surface area contributed by atoms with Crippen LogP contribution in [0.25, 0.3) is 0 Å². The number of ether oxygens (including phenoxy) is 2. The van der Waals surface area contributed by atoms with E-state index in [4.69, 9.17) is 13.7 Å². The molecule has 0 aromatic heterocycles. The second-order valence-corrected chi connectivity index (χ2v) is 12.5. The minimum atomic E-state index is -3.70. The summed E-state index contributed by atoms with van der Waals surface area (Å²) in [4.78, 5) is 42.3. The zero-order valence-electron chi connectivity index (χ0n) is 22.1. The molecule has 2 heterocycles. The van der Waals surface area contributed by atoms with Gasteiger partial charge in [0.1, 0.15) is 24.1 Å². The summed E-state index contributed by atoms with van der Waals surface area (Å²) in [5.74, 6) is -0.751. The van der Waals surface area contributed by atoms with Crippen molar-refractivity contribution in [2.24, 2.45) is 5.92 Å². The van der Waals surface area contributed by atoms with E-state index in [-0.39, 0.29) is 32.7 Å². The summed E-state index contributed by atoms with van der Waals surface area (Å²) in [7, 11) is -3.70. The molecule has 2 atom stereocenters. The first kappa shape index (κ1) is 28.7. The molecule has 12 heteroatoms. The molecule has 2 aliphatic rings. The van der Waals surface area contributed by atoms with Gasteiger partial charge in [-0.2, -0.15) is 8.42 Å². The Labute approximate surface area is 242 Å². The lowest BCUT2D eigenvalue weighted by Crippen LogP contribution is -2.46. The fourth-order valence-corrected chi connectivity index (χ4v) is 5.99. The van der Waals surface area contributed by atoms with Crippen molar-refractivity contribution in [3.05, 3.63) is 83.9 Å². The van der Waals surface area contributed by atoms with Gasteiger partial charge >= 0.3 is 5.97 Å². The Morgan fingerprint density at radius 2 is 1.73 bits per heavy atom. The van der Waals surface area contributed by atoms with E-state index in [2.05, 4.69) is 5.32 Å². The number of fused-ring (bicyclic) bond motifs is 2. The van der Waals surface area contributed by atoms with Crippen molar-refractivity contribution in [1.29, 1.82) is 0 Å². The summed E-state index contributed by atoms with van der Waals surface area (Å²) in [6.07, 6.45) is 1.11. The SMILES string of the molecule is CS(=O)(=O)OCC1C[C@@H](C(=O)OCc2ccccc2)N(C(=O)CNC(=O)c2ccc3c(c2)Oc2ccccc2S3)C1. The van der Waals surface area contributed by atoms with Gasteiger partial charge in [-0.05, 0) is 42.3 Å². The first-order valence-electron chi connectivity index (χ1n) is 12.9. The summed E-state index contributed by atoms with van der Waals surface area (Å²) >= 11 is 1.54. The minimum absolute atomic E-state index is 0.0304. The zero-order chi connectivity index (χ0) is 29.0. The number of nitrogens with zero attached hydrogens (tertiary/aromatic N) is 1. The van der Waals surface area contributed by atoms with Gasteiger partial charge in [-0.25, -0.2) is 4.79 Å². The summed E-state index contributed by atoms with van der Waals surface area (Å²) in [6.45, 7) is -0.425. The molecule has 3 aromatic carbocycles. The van der Waals surface area contributed by atoms with Crippen molar-refractivity contribution in [3.8, 4) is 11.5 Å². The number of hydrogen-bond acceptors (Lipinski definition) is 9. The van der Waals surface area contributed by atoms with Crippen LogP contribution in [0, 0.1) is 5.92 Å². The maximum atomic E-state index is 13.2. The summed E-state index contributed by atoms with van der Waals surface area (Å²) < 4.78 is 39.3.